The molecule has 0 unspecified atom stereocenters. The molecule has 0 fully saturated rings. The predicted molar refractivity (Wildman–Crippen MR) is 94.9 cm³/mol. The Morgan fingerprint density at radius 3 is 1.83 bits per heavy atom. The lowest BCUT2D eigenvalue weighted by atomic mass is 10.0. The number of carbonyl (C=O) groups is 1. The molecule has 6 heteroatoms. The monoisotopic (exact) mass is 349 g/mol. The molecule has 0 bridgehead atoms. The molecule has 0 saturated heterocycles. The van der Waals surface area contributed by atoms with Crippen LogP contribution in [0.5, 0.6) is 0 Å². The minimum absolute atomic E-state index is 0.00906. The average Bonchev–Trinajstić information content (AvgIpc) is 2.50. The van der Waals surface area contributed by atoms with Crippen LogP contribution in [0.2, 0.25) is 0 Å². The zero-order valence-electron chi connectivity index (χ0n) is 14.7. The standard InChI is InChI=1S/C17H35NO4S/c1-2-3-4-5-6-7-8-9-10-11-12-13-17(19)16-22-23(20,21)15-14-18/h2-16,18H2,1H3. The van der Waals surface area contributed by atoms with E-state index in [0.717, 1.165) is 19.3 Å². The topological polar surface area (TPSA) is 86.5 Å². The number of ketones is 1. The van der Waals surface area contributed by atoms with Crippen molar-refractivity contribution < 1.29 is 17.4 Å². The molecule has 0 aromatic carbocycles. The number of Topliss-reactive ketones (excluding diaryl/α,β-unsaturated/α-hetero) is 1. The Morgan fingerprint density at radius 2 is 1.35 bits per heavy atom. The van der Waals surface area contributed by atoms with Gasteiger partial charge in [0.25, 0.3) is 10.1 Å². The molecule has 0 aliphatic rings. The zero-order chi connectivity index (χ0) is 17.4. The SMILES string of the molecule is CCCCCCCCCCCCCC(=O)COS(=O)(=O)CCN. The van der Waals surface area contributed by atoms with Crippen LogP contribution in [0.15, 0.2) is 0 Å². The number of carbonyl (C=O) groups excluding carboxylic acids is 1. The van der Waals surface area contributed by atoms with Gasteiger partial charge in [-0.2, -0.15) is 8.42 Å². The summed E-state index contributed by atoms with van der Waals surface area (Å²) in [6.07, 6.45) is 13.9. The minimum atomic E-state index is -3.63. The molecular weight excluding hydrogens is 314 g/mol. The summed E-state index contributed by atoms with van der Waals surface area (Å²) < 4.78 is 27.1. The van der Waals surface area contributed by atoms with Gasteiger partial charge < -0.3 is 5.73 Å². The maximum absolute atomic E-state index is 11.5. The molecule has 0 saturated carbocycles. The molecule has 138 valence electrons. The fourth-order valence-corrected chi connectivity index (χ4v) is 3.13. The van der Waals surface area contributed by atoms with E-state index in [1.807, 2.05) is 0 Å². The Hall–Kier alpha value is -0.460. The minimum Gasteiger partial charge on any atom is -0.329 e. The van der Waals surface area contributed by atoms with Gasteiger partial charge in [0.2, 0.25) is 0 Å². The summed E-state index contributed by atoms with van der Waals surface area (Å²) in [6, 6.07) is 0. The Labute approximate surface area is 142 Å². The molecule has 0 aliphatic heterocycles. The molecular formula is C17H35NO4S. The van der Waals surface area contributed by atoms with Crippen LogP contribution in [0, 0.1) is 0 Å². The molecule has 0 aromatic heterocycles. The van der Waals surface area contributed by atoms with Gasteiger partial charge in [0.05, 0.1) is 5.75 Å². The first-order valence-corrected chi connectivity index (χ1v) is 10.7. The summed E-state index contributed by atoms with van der Waals surface area (Å²) in [5.41, 5.74) is 5.16. The quantitative estimate of drug-likeness (QED) is 0.320. The van der Waals surface area contributed by atoms with Crippen molar-refractivity contribution in [1.82, 2.24) is 0 Å². The van der Waals surface area contributed by atoms with Crippen LogP contribution in [0.3, 0.4) is 0 Å². The van der Waals surface area contributed by atoms with Crippen LogP contribution in [0.4, 0.5) is 0 Å². The van der Waals surface area contributed by atoms with Crippen LogP contribution in [-0.2, 0) is 19.1 Å². The summed E-state index contributed by atoms with van der Waals surface area (Å²) in [4.78, 5) is 11.5. The van der Waals surface area contributed by atoms with E-state index in [0.29, 0.717) is 6.42 Å². The molecule has 0 radical (unpaired) electrons. The smallest absolute Gasteiger partial charge is 0.268 e. The average molecular weight is 350 g/mol. The lowest BCUT2D eigenvalue weighted by molar-refractivity contribution is -0.121. The first-order valence-electron chi connectivity index (χ1n) is 9.10. The van der Waals surface area contributed by atoms with Gasteiger partial charge in [-0.25, -0.2) is 0 Å². The van der Waals surface area contributed by atoms with E-state index < -0.39 is 10.1 Å². The van der Waals surface area contributed by atoms with Gasteiger partial charge in [-0.15, -0.1) is 0 Å². The summed E-state index contributed by atoms with van der Waals surface area (Å²) >= 11 is 0. The summed E-state index contributed by atoms with van der Waals surface area (Å²) in [6.45, 7) is 1.89. The van der Waals surface area contributed by atoms with Crippen LogP contribution in [-0.4, -0.2) is 33.1 Å². The van der Waals surface area contributed by atoms with Gasteiger partial charge in [0, 0.05) is 13.0 Å². The van der Waals surface area contributed by atoms with Crippen LogP contribution in [0.1, 0.15) is 84.0 Å². The highest BCUT2D eigenvalue weighted by Gasteiger charge is 2.12. The van der Waals surface area contributed by atoms with E-state index in [9.17, 15) is 13.2 Å². The Bertz CT molecular complexity index is 382. The Kier molecular flexibility index (Phi) is 14.8. The Balaban J connectivity index is 3.36. The molecule has 0 atom stereocenters. The first kappa shape index (κ1) is 22.5. The van der Waals surface area contributed by atoms with Gasteiger partial charge in [-0.3, -0.25) is 8.98 Å². The third kappa shape index (κ3) is 16.2. The summed E-state index contributed by atoms with van der Waals surface area (Å²) in [5.74, 6) is -0.389. The number of nitrogens with two attached hydrogens (primary N) is 1. The van der Waals surface area contributed by atoms with E-state index in [4.69, 9.17) is 5.73 Å². The van der Waals surface area contributed by atoms with Gasteiger partial charge in [-0.05, 0) is 6.42 Å². The second-order valence-corrected chi connectivity index (χ2v) is 7.90. The van der Waals surface area contributed by atoms with Crippen LogP contribution >= 0.6 is 0 Å². The lowest BCUT2D eigenvalue weighted by Gasteiger charge is -2.04. The maximum Gasteiger partial charge on any atom is 0.268 e. The third-order valence-electron chi connectivity index (χ3n) is 3.83. The fourth-order valence-electron chi connectivity index (χ4n) is 2.42. The lowest BCUT2D eigenvalue weighted by Crippen LogP contribution is -2.21. The summed E-state index contributed by atoms with van der Waals surface area (Å²) in [5, 5.41) is 0. The molecule has 0 spiro atoms. The number of hydrogen-bond acceptors (Lipinski definition) is 5. The van der Waals surface area contributed by atoms with E-state index in [1.165, 1.54) is 51.4 Å². The Morgan fingerprint density at radius 1 is 0.870 bits per heavy atom. The maximum atomic E-state index is 11.5. The molecule has 0 amide bonds. The van der Waals surface area contributed by atoms with Crippen molar-refractivity contribution >= 4 is 15.9 Å². The number of unbranched alkanes of at least 4 members (excludes halogenated alkanes) is 10. The van der Waals surface area contributed by atoms with Gasteiger partial charge >= 0.3 is 0 Å². The van der Waals surface area contributed by atoms with Crippen molar-refractivity contribution in [2.24, 2.45) is 5.73 Å². The second kappa shape index (κ2) is 15.1. The van der Waals surface area contributed by atoms with Gasteiger partial charge in [0.15, 0.2) is 5.78 Å². The second-order valence-electron chi connectivity index (χ2n) is 6.14. The highest BCUT2D eigenvalue weighted by Crippen LogP contribution is 2.12. The van der Waals surface area contributed by atoms with E-state index in [1.54, 1.807) is 0 Å². The third-order valence-corrected chi connectivity index (χ3v) is 5.04. The normalized spacial score (nSPS) is 11.7. The highest BCUT2D eigenvalue weighted by atomic mass is 32.2. The predicted octanol–water partition coefficient (Wildman–Crippen LogP) is 3.56. The molecule has 2 N–H and O–H groups in total. The molecule has 23 heavy (non-hydrogen) atoms. The van der Waals surface area contributed by atoms with Crippen molar-refractivity contribution in [3.8, 4) is 0 Å². The molecule has 0 rings (SSSR count). The highest BCUT2D eigenvalue weighted by molar-refractivity contribution is 7.86. The van der Waals surface area contributed by atoms with Crippen molar-refractivity contribution in [1.29, 1.82) is 0 Å². The van der Waals surface area contributed by atoms with Crippen molar-refractivity contribution in [3.63, 3.8) is 0 Å². The first-order chi connectivity index (χ1) is 11.0. The zero-order valence-corrected chi connectivity index (χ0v) is 15.5. The van der Waals surface area contributed by atoms with Gasteiger partial charge in [-0.1, -0.05) is 71.1 Å². The molecule has 0 heterocycles. The van der Waals surface area contributed by atoms with Crippen molar-refractivity contribution in [3.05, 3.63) is 0 Å². The summed E-state index contributed by atoms with van der Waals surface area (Å²) in [7, 11) is -3.63. The van der Waals surface area contributed by atoms with Gasteiger partial charge in [0.1, 0.15) is 6.61 Å². The van der Waals surface area contributed by atoms with Crippen LogP contribution in [0.25, 0.3) is 0 Å². The molecule has 0 aliphatic carbocycles. The molecule has 0 aromatic rings. The molecule has 5 nitrogen and oxygen atoms in total. The number of hydrogen-bond donors (Lipinski definition) is 1. The van der Waals surface area contributed by atoms with E-state index >= 15 is 0 Å². The van der Waals surface area contributed by atoms with Crippen LogP contribution < -0.4 is 5.73 Å². The van der Waals surface area contributed by atoms with Crippen molar-refractivity contribution in [2.45, 2.75) is 84.0 Å². The van der Waals surface area contributed by atoms with Crippen molar-refractivity contribution in [2.75, 3.05) is 18.9 Å². The van der Waals surface area contributed by atoms with E-state index in [2.05, 4.69) is 11.1 Å². The number of rotatable bonds is 17. The largest absolute Gasteiger partial charge is 0.329 e. The fraction of sp³-hybridized carbons (Fsp3) is 0.941. The van der Waals surface area contributed by atoms with E-state index in [-0.39, 0.29) is 24.7 Å².